The van der Waals surface area contributed by atoms with Gasteiger partial charge in [-0.25, -0.2) is 0 Å². The first kappa shape index (κ1) is 13.3. The van der Waals surface area contributed by atoms with Crippen LogP contribution in [0.25, 0.3) is 32.3 Å². The van der Waals surface area contributed by atoms with E-state index >= 15 is 0 Å². The van der Waals surface area contributed by atoms with Gasteiger partial charge in [-0.15, -0.1) is 0 Å². The van der Waals surface area contributed by atoms with Crippen molar-refractivity contribution in [3.63, 3.8) is 0 Å². The smallest absolute Gasteiger partial charge is 0.0830 e. The number of hydrogen-bond acceptors (Lipinski definition) is 2. The lowest BCUT2D eigenvalue weighted by atomic mass is 9.92. The van der Waals surface area contributed by atoms with Crippen molar-refractivity contribution in [1.29, 1.82) is 0 Å². The molecule has 114 valence electrons. The van der Waals surface area contributed by atoms with Gasteiger partial charge in [0, 0.05) is 6.61 Å². The van der Waals surface area contributed by atoms with Crippen molar-refractivity contribution < 1.29 is 9.47 Å². The van der Waals surface area contributed by atoms with E-state index in [0.29, 0.717) is 19.3 Å². The highest BCUT2D eigenvalue weighted by atomic mass is 16.5. The fraction of sp³-hybridized carbons (Fsp3) is 0.238. The van der Waals surface area contributed by atoms with Crippen molar-refractivity contribution in [1.82, 2.24) is 0 Å². The Kier molecular flexibility index (Phi) is 3.00. The maximum atomic E-state index is 5.89. The molecule has 4 aromatic rings. The Labute approximate surface area is 135 Å². The van der Waals surface area contributed by atoms with Gasteiger partial charge < -0.3 is 9.47 Å². The van der Waals surface area contributed by atoms with Crippen LogP contribution < -0.4 is 0 Å². The quantitative estimate of drug-likeness (QED) is 0.500. The highest BCUT2D eigenvalue weighted by Gasteiger charge is 2.18. The molecule has 0 bridgehead atoms. The summed E-state index contributed by atoms with van der Waals surface area (Å²) in [5, 5.41) is 7.95. The minimum absolute atomic E-state index is 0.301. The Balaban J connectivity index is 1.62. The summed E-state index contributed by atoms with van der Waals surface area (Å²) in [5.74, 6) is 0. The first-order chi connectivity index (χ1) is 11.4. The summed E-state index contributed by atoms with van der Waals surface area (Å²) >= 11 is 0. The van der Waals surface area contributed by atoms with Crippen LogP contribution in [0.4, 0.5) is 0 Å². The van der Waals surface area contributed by atoms with Crippen molar-refractivity contribution in [2.45, 2.75) is 19.1 Å². The number of ether oxygens (including phenoxy) is 2. The Hall–Kier alpha value is -2.16. The van der Waals surface area contributed by atoms with Crippen LogP contribution >= 0.6 is 0 Å². The average Bonchev–Trinajstić information content (AvgIpc) is 2.56. The Morgan fingerprint density at radius 1 is 0.870 bits per heavy atom. The first-order valence-electron chi connectivity index (χ1n) is 8.25. The molecule has 1 saturated heterocycles. The highest BCUT2D eigenvalue weighted by Crippen LogP contribution is 2.36. The van der Waals surface area contributed by atoms with E-state index in [1.54, 1.807) is 0 Å². The van der Waals surface area contributed by atoms with Crippen LogP contribution in [0, 0.1) is 0 Å². The lowest BCUT2D eigenvalue weighted by Gasteiger charge is -2.26. The fourth-order valence-corrected chi connectivity index (χ4v) is 3.64. The molecule has 1 aliphatic heterocycles. The summed E-state index contributed by atoms with van der Waals surface area (Å²) in [6.07, 6.45) is 1.42. The lowest BCUT2D eigenvalue weighted by molar-refractivity contribution is -0.0966. The molecule has 5 rings (SSSR count). The van der Waals surface area contributed by atoms with Crippen LogP contribution in [0.5, 0.6) is 0 Å². The minimum Gasteiger partial charge on any atom is -0.376 e. The molecule has 2 heteroatoms. The van der Waals surface area contributed by atoms with Crippen LogP contribution in [-0.4, -0.2) is 19.3 Å². The molecular formula is C21H18O2. The van der Waals surface area contributed by atoms with Crippen LogP contribution in [0.15, 0.2) is 54.6 Å². The van der Waals surface area contributed by atoms with E-state index in [1.807, 2.05) is 0 Å². The second-order valence-electron chi connectivity index (χ2n) is 6.38. The van der Waals surface area contributed by atoms with Crippen LogP contribution in [0.2, 0.25) is 0 Å². The van der Waals surface area contributed by atoms with Gasteiger partial charge in [0.2, 0.25) is 0 Å². The zero-order chi connectivity index (χ0) is 15.2. The third kappa shape index (κ3) is 2.10. The highest BCUT2D eigenvalue weighted by molar-refractivity contribution is 6.23. The molecule has 1 heterocycles. The molecule has 4 aromatic carbocycles. The van der Waals surface area contributed by atoms with E-state index in [0.717, 1.165) is 13.0 Å². The Morgan fingerprint density at radius 2 is 1.57 bits per heavy atom. The predicted molar refractivity (Wildman–Crippen MR) is 94.2 cm³/mol. The normalized spacial score (nSPS) is 18.0. The van der Waals surface area contributed by atoms with E-state index in [1.165, 1.54) is 37.9 Å². The van der Waals surface area contributed by atoms with Crippen LogP contribution in [-0.2, 0) is 16.1 Å². The molecule has 0 aliphatic carbocycles. The topological polar surface area (TPSA) is 18.5 Å². The van der Waals surface area contributed by atoms with Crippen molar-refractivity contribution in [3.05, 3.63) is 60.2 Å². The maximum absolute atomic E-state index is 5.89. The van der Waals surface area contributed by atoms with Gasteiger partial charge in [0.15, 0.2) is 0 Å². The molecule has 0 amide bonds. The molecule has 0 saturated carbocycles. The summed E-state index contributed by atoms with van der Waals surface area (Å²) < 4.78 is 11.3. The van der Waals surface area contributed by atoms with Crippen molar-refractivity contribution in [3.8, 4) is 0 Å². The molecule has 1 atom stereocenters. The molecule has 0 aromatic heterocycles. The summed E-state index contributed by atoms with van der Waals surface area (Å²) in [7, 11) is 0. The molecule has 0 spiro atoms. The number of hydrogen-bond donors (Lipinski definition) is 0. The van der Waals surface area contributed by atoms with E-state index < -0.39 is 0 Å². The molecule has 2 nitrogen and oxygen atoms in total. The standard InChI is InChI=1S/C21H18O2/c1-2-14-4-5-16-6-7-17(12-22-13-18-10-11-23-18)19-9-8-15(3-1)20(14)21(16)19/h1-9,18H,10-13H2. The van der Waals surface area contributed by atoms with Gasteiger partial charge in [0.05, 0.1) is 19.3 Å². The van der Waals surface area contributed by atoms with Crippen LogP contribution in [0.3, 0.4) is 0 Å². The molecule has 1 aliphatic rings. The third-order valence-corrected chi connectivity index (χ3v) is 4.97. The Bertz CT molecular complexity index is 969. The molecule has 0 N–H and O–H groups in total. The maximum Gasteiger partial charge on any atom is 0.0830 e. The molecule has 23 heavy (non-hydrogen) atoms. The zero-order valence-electron chi connectivity index (χ0n) is 12.9. The summed E-state index contributed by atoms with van der Waals surface area (Å²) in [4.78, 5) is 0. The summed E-state index contributed by atoms with van der Waals surface area (Å²) in [6.45, 7) is 2.22. The predicted octanol–water partition coefficient (Wildman–Crippen LogP) is 4.89. The SMILES string of the molecule is c1cc2ccc3ccc(COCC4CCO4)c4ccc(c1)c2c34. The van der Waals surface area contributed by atoms with E-state index in [-0.39, 0.29) is 0 Å². The summed E-state index contributed by atoms with van der Waals surface area (Å²) in [5.41, 5.74) is 1.26. The minimum atomic E-state index is 0.301. The second-order valence-corrected chi connectivity index (χ2v) is 6.38. The largest absolute Gasteiger partial charge is 0.376 e. The van der Waals surface area contributed by atoms with Gasteiger partial charge in [-0.1, -0.05) is 54.6 Å². The Morgan fingerprint density at radius 3 is 2.30 bits per heavy atom. The number of benzene rings is 4. The average molecular weight is 302 g/mol. The van der Waals surface area contributed by atoms with Gasteiger partial charge in [0.1, 0.15) is 0 Å². The van der Waals surface area contributed by atoms with Gasteiger partial charge in [-0.3, -0.25) is 0 Å². The second kappa shape index (κ2) is 5.19. The van der Waals surface area contributed by atoms with Gasteiger partial charge in [-0.2, -0.15) is 0 Å². The third-order valence-electron chi connectivity index (χ3n) is 4.97. The lowest BCUT2D eigenvalue weighted by Crippen LogP contribution is -2.31. The van der Waals surface area contributed by atoms with Crippen molar-refractivity contribution in [2.75, 3.05) is 13.2 Å². The van der Waals surface area contributed by atoms with Crippen molar-refractivity contribution >= 4 is 32.3 Å². The van der Waals surface area contributed by atoms with Gasteiger partial charge in [0.25, 0.3) is 0 Å². The number of rotatable bonds is 4. The van der Waals surface area contributed by atoms with Gasteiger partial charge in [-0.05, 0) is 44.3 Å². The fourth-order valence-electron chi connectivity index (χ4n) is 3.64. The molecule has 0 radical (unpaired) electrons. The van der Waals surface area contributed by atoms with Gasteiger partial charge >= 0.3 is 0 Å². The van der Waals surface area contributed by atoms with E-state index in [2.05, 4.69) is 54.6 Å². The molecule has 1 fully saturated rings. The molecular weight excluding hydrogens is 284 g/mol. The first-order valence-corrected chi connectivity index (χ1v) is 8.25. The molecule has 1 unspecified atom stereocenters. The van der Waals surface area contributed by atoms with E-state index in [4.69, 9.17) is 9.47 Å². The van der Waals surface area contributed by atoms with Crippen molar-refractivity contribution in [2.24, 2.45) is 0 Å². The zero-order valence-corrected chi connectivity index (χ0v) is 12.9. The summed E-state index contributed by atoms with van der Waals surface area (Å²) in [6, 6.07) is 19.8. The van der Waals surface area contributed by atoms with Crippen LogP contribution in [0.1, 0.15) is 12.0 Å². The van der Waals surface area contributed by atoms with E-state index in [9.17, 15) is 0 Å². The monoisotopic (exact) mass is 302 g/mol.